The van der Waals surface area contributed by atoms with Crippen LogP contribution < -0.4 is 5.73 Å². The van der Waals surface area contributed by atoms with Crippen LogP contribution in [0.4, 0.5) is 5.95 Å². The second kappa shape index (κ2) is 5.02. The van der Waals surface area contributed by atoms with Crippen LogP contribution in [0.5, 0.6) is 0 Å². The normalized spacial score (nSPS) is 17.4. The highest BCUT2D eigenvalue weighted by Crippen LogP contribution is 2.42. The van der Waals surface area contributed by atoms with Gasteiger partial charge in [0.2, 0.25) is 5.95 Å². The van der Waals surface area contributed by atoms with Crippen LogP contribution in [0.3, 0.4) is 0 Å². The lowest BCUT2D eigenvalue weighted by molar-refractivity contribution is 0.518. The van der Waals surface area contributed by atoms with E-state index in [0.29, 0.717) is 11.5 Å². The maximum Gasteiger partial charge on any atom is 0.201 e. The molecule has 0 amide bonds. The van der Waals surface area contributed by atoms with Crippen LogP contribution >= 0.6 is 11.8 Å². The first-order valence-corrected chi connectivity index (χ1v) is 8.11. The van der Waals surface area contributed by atoms with Crippen molar-refractivity contribution in [1.29, 1.82) is 5.26 Å². The van der Waals surface area contributed by atoms with Gasteiger partial charge in [-0.3, -0.25) is 0 Å². The molecular formula is C15H18N4S. The largest absolute Gasteiger partial charge is 0.369 e. The molecule has 2 N–H and O–H groups in total. The molecule has 1 aromatic carbocycles. The Bertz CT molecular complexity index is 677. The van der Waals surface area contributed by atoms with E-state index in [1.165, 1.54) is 25.7 Å². The first-order chi connectivity index (χ1) is 9.67. The fourth-order valence-electron chi connectivity index (χ4n) is 3.11. The van der Waals surface area contributed by atoms with Gasteiger partial charge in [-0.05, 0) is 37.3 Å². The smallest absolute Gasteiger partial charge is 0.201 e. The third-order valence-corrected chi connectivity index (χ3v) is 5.70. The summed E-state index contributed by atoms with van der Waals surface area (Å²) < 4.78 is 2.35. The lowest BCUT2D eigenvalue weighted by atomic mass is 10.1. The van der Waals surface area contributed by atoms with Gasteiger partial charge in [0.15, 0.2) is 0 Å². The predicted molar refractivity (Wildman–Crippen MR) is 83.6 cm³/mol. The first kappa shape index (κ1) is 13.3. The van der Waals surface area contributed by atoms with Crippen molar-refractivity contribution >= 4 is 28.7 Å². The Balaban J connectivity index is 2.06. The van der Waals surface area contributed by atoms with Gasteiger partial charge < -0.3 is 10.3 Å². The molecule has 0 spiro atoms. The first-order valence-electron chi connectivity index (χ1n) is 6.88. The summed E-state index contributed by atoms with van der Waals surface area (Å²) in [7, 11) is 0. The molecule has 0 saturated heterocycles. The molecule has 0 unspecified atom stereocenters. The van der Waals surface area contributed by atoms with E-state index in [4.69, 9.17) is 11.0 Å². The van der Waals surface area contributed by atoms with E-state index < -0.39 is 0 Å². The number of aromatic nitrogens is 2. The average molecular weight is 286 g/mol. The molecule has 1 aromatic heterocycles. The molecule has 5 heteroatoms. The van der Waals surface area contributed by atoms with Crippen molar-refractivity contribution in [2.75, 3.05) is 12.0 Å². The van der Waals surface area contributed by atoms with Gasteiger partial charge in [-0.15, -0.1) is 0 Å². The Morgan fingerprint density at radius 2 is 2.20 bits per heavy atom. The molecule has 3 rings (SSSR count). The SMILES string of the molecule is CSC1(Cn2c(N)nc3ccc(C#N)cc32)CCCC1. The molecule has 104 valence electrons. The van der Waals surface area contributed by atoms with Crippen molar-refractivity contribution in [3.05, 3.63) is 23.8 Å². The molecule has 0 radical (unpaired) electrons. The molecule has 1 heterocycles. The van der Waals surface area contributed by atoms with E-state index in [0.717, 1.165) is 17.6 Å². The van der Waals surface area contributed by atoms with E-state index >= 15 is 0 Å². The number of nitriles is 1. The van der Waals surface area contributed by atoms with Gasteiger partial charge >= 0.3 is 0 Å². The van der Waals surface area contributed by atoms with Crippen LogP contribution in [0, 0.1) is 11.3 Å². The lowest BCUT2D eigenvalue weighted by Crippen LogP contribution is -2.27. The minimum Gasteiger partial charge on any atom is -0.369 e. The highest BCUT2D eigenvalue weighted by atomic mass is 32.2. The van der Waals surface area contributed by atoms with Crippen molar-refractivity contribution < 1.29 is 0 Å². The third kappa shape index (κ3) is 2.14. The van der Waals surface area contributed by atoms with Crippen molar-refractivity contribution in [1.82, 2.24) is 9.55 Å². The van der Waals surface area contributed by atoms with Gasteiger partial charge in [-0.25, -0.2) is 4.98 Å². The summed E-state index contributed by atoms with van der Waals surface area (Å²) in [4.78, 5) is 4.42. The van der Waals surface area contributed by atoms with Gasteiger partial charge in [-0.2, -0.15) is 17.0 Å². The fourth-order valence-corrected chi connectivity index (χ4v) is 4.07. The molecule has 2 aromatic rings. The van der Waals surface area contributed by atoms with Crippen molar-refractivity contribution in [3.63, 3.8) is 0 Å². The maximum atomic E-state index is 9.06. The summed E-state index contributed by atoms with van der Waals surface area (Å²) in [6.45, 7) is 0.880. The molecule has 0 atom stereocenters. The van der Waals surface area contributed by atoms with E-state index in [1.54, 1.807) is 6.07 Å². The maximum absolute atomic E-state index is 9.06. The number of hydrogen-bond acceptors (Lipinski definition) is 4. The van der Waals surface area contributed by atoms with Crippen LogP contribution in [0.1, 0.15) is 31.2 Å². The van der Waals surface area contributed by atoms with Crippen LogP contribution in [-0.4, -0.2) is 20.6 Å². The Hall–Kier alpha value is -1.67. The summed E-state index contributed by atoms with van der Waals surface area (Å²) in [5.74, 6) is 0.551. The summed E-state index contributed by atoms with van der Waals surface area (Å²) in [6, 6.07) is 7.74. The summed E-state index contributed by atoms with van der Waals surface area (Å²) in [5.41, 5.74) is 8.60. The predicted octanol–water partition coefficient (Wildman–Crippen LogP) is 3.17. The Morgan fingerprint density at radius 3 is 2.85 bits per heavy atom. The highest BCUT2D eigenvalue weighted by Gasteiger charge is 2.34. The number of hydrogen-bond donors (Lipinski definition) is 1. The zero-order chi connectivity index (χ0) is 14.2. The van der Waals surface area contributed by atoms with Crippen molar-refractivity contribution in [3.8, 4) is 6.07 Å². The molecule has 1 fully saturated rings. The second-order valence-electron chi connectivity index (χ2n) is 5.47. The number of nitrogens with two attached hydrogens (primary N) is 1. The molecule has 0 bridgehead atoms. The van der Waals surface area contributed by atoms with Crippen molar-refractivity contribution in [2.24, 2.45) is 0 Å². The van der Waals surface area contributed by atoms with Gasteiger partial charge in [0.1, 0.15) is 0 Å². The van der Waals surface area contributed by atoms with Crippen LogP contribution in [0.25, 0.3) is 11.0 Å². The quantitative estimate of drug-likeness (QED) is 0.941. The number of thioether (sulfide) groups is 1. The molecular weight excluding hydrogens is 268 g/mol. The van der Waals surface area contributed by atoms with Crippen LogP contribution in [0.15, 0.2) is 18.2 Å². The number of rotatable bonds is 3. The van der Waals surface area contributed by atoms with Gasteiger partial charge in [0.05, 0.1) is 22.7 Å². The summed E-state index contributed by atoms with van der Waals surface area (Å²) in [5, 5.41) is 9.06. The van der Waals surface area contributed by atoms with Crippen LogP contribution in [-0.2, 0) is 6.54 Å². The Kier molecular flexibility index (Phi) is 3.35. The molecule has 20 heavy (non-hydrogen) atoms. The number of anilines is 1. The van der Waals surface area contributed by atoms with Crippen molar-refractivity contribution in [2.45, 2.75) is 37.0 Å². The molecule has 4 nitrogen and oxygen atoms in total. The number of nitrogen functional groups attached to an aromatic ring is 1. The summed E-state index contributed by atoms with van der Waals surface area (Å²) >= 11 is 1.94. The standard InChI is InChI=1S/C15H18N4S/c1-20-15(6-2-3-7-15)10-19-13-8-11(9-16)4-5-12(13)18-14(19)17/h4-5,8H,2-3,6-7,10H2,1H3,(H2,17,18). The minimum atomic E-state index is 0.268. The molecule has 1 aliphatic carbocycles. The number of fused-ring (bicyclic) bond motifs is 1. The van der Waals surface area contributed by atoms with Gasteiger partial charge in [0.25, 0.3) is 0 Å². The summed E-state index contributed by atoms with van der Waals surface area (Å²) in [6.07, 6.45) is 7.21. The number of nitrogens with zero attached hydrogens (tertiary/aromatic N) is 3. The number of imidazole rings is 1. The van der Waals surface area contributed by atoms with E-state index in [-0.39, 0.29) is 4.75 Å². The number of benzene rings is 1. The fraction of sp³-hybridized carbons (Fsp3) is 0.467. The van der Waals surface area contributed by atoms with E-state index in [2.05, 4.69) is 21.9 Å². The molecule has 0 aliphatic heterocycles. The second-order valence-corrected chi connectivity index (χ2v) is 6.74. The van der Waals surface area contributed by atoms with Crippen LogP contribution in [0.2, 0.25) is 0 Å². The Labute approximate surface area is 123 Å². The molecule has 1 aliphatic rings. The zero-order valence-electron chi connectivity index (χ0n) is 11.6. The third-order valence-electron chi connectivity index (χ3n) is 4.30. The lowest BCUT2D eigenvalue weighted by Gasteiger charge is -2.27. The van der Waals surface area contributed by atoms with E-state index in [9.17, 15) is 0 Å². The zero-order valence-corrected chi connectivity index (χ0v) is 12.4. The van der Waals surface area contributed by atoms with Gasteiger partial charge in [-0.1, -0.05) is 12.8 Å². The molecule has 1 saturated carbocycles. The van der Waals surface area contributed by atoms with Gasteiger partial charge in [0, 0.05) is 11.3 Å². The minimum absolute atomic E-state index is 0.268. The van der Waals surface area contributed by atoms with E-state index in [1.807, 2.05) is 23.9 Å². The Morgan fingerprint density at radius 1 is 1.45 bits per heavy atom. The topological polar surface area (TPSA) is 67.6 Å². The highest BCUT2D eigenvalue weighted by molar-refractivity contribution is 8.00. The monoisotopic (exact) mass is 286 g/mol. The average Bonchev–Trinajstić information content (AvgIpc) is 3.05.